The molecule has 0 spiro atoms. The summed E-state index contributed by atoms with van der Waals surface area (Å²) in [4.78, 5) is 17.4. The number of hydrogen-bond acceptors (Lipinski definition) is 4. The van der Waals surface area contributed by atoms with E-state index in [9.17, 15) is 9.00 Å². The number of anilines is 1. The van der Waals surface area contributed by atoms with Gasteiger partial charge in [-0.2, -0.15) is 0 Å². The third-order valence-electron chi connectivity index (χ3n) is 4.92. The molecule has 0 saturated carbocycles. The van der Waals surface area contributed by atoms with E-state index in [1.165, 1.54) is 5.69 Å². The van der Waals surface area contributed by atoms with Gasteiger partial charge in [0.1, 0.15) is 5.76 Å². The molecular weight excluding hydrogens is 408 g/mol. The highest BCUT2D eigenvalue weighted by Crippen LogP contribution is 2.23. The predicted octanol–water partition coefficient (Wildman–Crippen LogP) is 4.20. The number of hydrogen-bond donors (Lipinski definition) is 0. The minimum Gasteiger partial charge on any atom is -0.455 e. The van der Waals surface area contributed by atoms with E-state index in [0.29, 0.717) is 28.8 Å². The maximum absolute atomic E-state index is 12.8. The number of amides is 1. The molecule has 1 aliphatic heterocycles. The molecule has 0 unspecified atom stereocenters. The molecule has 2 aromatic carbocycles. The first-order valence-electron chi connectivity index (χ1n) is 9.43. The highest BCUT2D eigenvalue weighted by molar-refractivity contribution is 7.84. The molecule has 1 fully saturated rings. The predicted molar refractivity (Wildman–Crippen MR) is 115 cm³/mol. The van der Waals surface area contributed by atoms with Crippen LogP contribution in [0, 0.1) is 0 Å². The van der Waals surface area contributed by atoms with Gasteiger partial charge in [0.15, 0.2) is 5.76 Å². The summed E-state index contributed by atoms with van der Waals surface area (Å²) < 4.78 is 18.3. The Morgan fingerprint density at radius 1 is 0.931 bits per heavy atom. The van der Waals surface area contributed by atoms with E-state index in [4.69, 9.17) is 16.0 Å². The van der Waals surface area contributed by atoms with Crippen LogP contribution in [0.2, 0.25) is 5.02 Å². The van der Waals surface area contributed by atoms with Crippen LogP contribution in [0.4, 0.5) is 5.69 Å². The Morgan fingerprint density at radius 2 is 1.62 bits per heavy atom. The number of halogens is 1. The van der Waals surface area contributed by atoms with Crippen molar-refractivity contribution in [3.8, 4) is 0 Å². The minimum atomic E-state index is -1.33. The van der Waals surface area contributed by atoms with Crippen molar-refractivity contribution in [1.29, 1.82) is 0 Å². The average molecular weight is 429 g/mol. The Bertz CT molecular complexity index is 1010. The monoisotopic (exact) mass is 428 g/mol. The second-order valence-corrected chi connectivity index (χ2v) is 8.63. The molecule has 1 aliphatic rings. The van der Waals surface area contributed by atoms with Crippen molar-refractivity contribution >= 4 is 34.0 Å². The van der Waals surface area contributed by atoms with Crippen molar-refractivity contribution in [3.63, 3.8) is 0 Å². The SMILES string of the molecule is O=C(c1ccc(C[S@](=O)c2ccccc2Cl)o1)N1CCN(c2ccccc2)CC1. The Morgan fingerprint density at radius 3 is 2.34 bits per heavy atom. The fraction of sp³-hybridized carbons (Fsp3) is 0.227. The van der Waals surface area contributed by atoms with E-state index < -0.39 is 10.8 Å². The van der Waals surface area contributed by atoms with Gasteiger partial charge < -0.3 is 14.2 Å². The summed E-state index contributed by atoms with van der Waals surface area (Å²) in [6, 6.07) is 20.6. The van der Waals surface area contributed by atoms with Gasteiger partial charge in [0.05, 0.1) is 26.5 Å². The van der Waals surface area contributed by atoms with Gasteiger partial charge >= 0.3 is 0 Å². The molecule has 4 rings (SSSR count). The van der Waals surface area contributed by atoms with Gasteiger partial charge in [0, 0.05) is 31.9 Å². The first-order chi connectivity index (χ1) is 14.1. The van der Waals surface area contributed by atoms with Crippen molar-refractivity contribution < 1.29 is 13.4 Å². The van der Waals surface area contributed by atoms with Crippen molar-refractivity contribution in [2.45, 2.75) is 10.6 Å². The molecule has 1 aromatic heterocycles. The van der Waals surface area contributed by atoms with Crippen LogP contribution in [0.1, 0.15) is 16.3 Å². The lowest BCUT2D eigenvalue weighted by molar-refractivity contribution is 0.0713. The van der Waals surface area contributed by atoms with E-state index >= 15 is 0 Å². The van der Waals surface area contributed by atoms with Gasteiger partial charge in [-0.3, -0.25) is 9.00 Å². The Balaban J connectivity index is 1.36. The van der Waals surface area contributed by atoms with Crippen LogP contribution in [-0.4, -0.2) is 41.2 Å². The topological polar surface area (TPSA) is 53.8 Å². The lowest BCUT2D eigenvalue weighted by Gasteiger charge is -2.35. The van der Waals surface area contributed by atoms with Crippen molar-refractivity contribution in [1.82, 2.24) is 4.90 Å². The van der Waals surface area contributed by atoms with Crippen LogP contribution < -0.4 is 4.90 Å². The van der Waals surface area contributed by atoms with E-state index in [-0.39, 0.29) is 17.4 Å². The zero-order valence-corrected chi connectivity index (χ0v) is 17.4. The second kappa shape index (κ2) is 8.84. The third-order valence-corrected chi connectivity index (χ3v) is 6.75. The third kappa shape index (κ3) is 4.54. The van der Waals surface area contributed by atoms with Gasteiger partial charge in [-0.05, 0) is 36.4 Å². The van der Waals surface area contributed by atoms with Crippen LogP contribution >= 0.6 is 11.6 Å². The summed E-state index contributed by atoms with van der Waals surface area (Å²) in [6.07, 6.45) is 0. The van der Waals surface area contributed by atoms with Crippen LogP contribution in [0.5, 0.6) is 0 Å². The van der Waals surface area contributed by atoms with Crippen LogP contribution in [-0.2, 0) is 16.6 Å². The number of benzene rings is 2. The Kier molecular flexibility index (Phi) is 6.02. The molecule has 7 heteroatoms. The van der Waals surface area contributed by atoms with Gasteiger partial charge in [0.25, 0.3) is 5.91 Å². The molecule has 1 amide bonds. The molecule has 5 nitrogen and oxygen atoms in total. The normalized spacial score (nSPS) is 15.3. The van der Waals surface area contributed by atoms with E-state index in [0.717, 1.165) is 13.1 Å². The number of rotatable bonds is 5. The lowest BCUT2D eigenvalue weighted by atomic mass is 10.2. The van der Waals surface area contributed by atoms with E-state index in [1.54, 1.807) is 41.3 Å². The van der Waals surface area contributed by atoms with E-state index in [2.05, 4.69) is 17.0 Å². The highest BCUT2D eigenvalue weighted by atomic mass is 35.5. The summed E-state index contributed by atoms with van der Waals surface area (Å²) in [5, 5.41) is 0.463. The van der Waals surface area contributed by atoms with Crippen molar-refractivity contribution in [3.05, 3.63) is 83.3 Å². The molecule has 0 radical (unpaired) electrons. The first kappa shape index (κ1) is 19.7. The van der Waals surface area contributed by atoms with Gasteiger partial charge in [-0.15, -0.1) is 0 Å². The highest BCUT2D eigenvalue weighted by Gasteiger charge is 2.24. The lowest BCUT2D eigenvalue weighted by Crippen LogP contribution is -2.48. The van der Waals surface area contributed by atoms with Crippen molar-refractivity contribution in [2.75, 3.05) is 31.1 Å². The smallest absolute Gasteiger partial charge is 0.289 e. The van der Waals surface area contributed by atoms with Gasteiger partial charge in [-0.1, -0.05) is 41.9 Å². The molecule has 1 atom stereocenters. The fourth-order valence-corrected chi connectivity index (χ4v) is 4.85. The number of para-hydroxylation sites is 1. The molecule has 0 aliphatic carbocycles. The Labute approximate surface area is 177 Å². The van der Waals surface area contributed by atoms with Crippen LogP contribution in [0.3, 0.4) is 0 Å². The summed E-state index contributed by atoms with van der Waals surface area (Å²) in [7, 11) is -1.33. The molecule has 3 aromatic rings. The summed E-state index contributed by atoms with van der Waals surface area (Å²) in [5.74, 6) is 0.838. The molecule has 29 heavy (non-hydrogen) atoms. The zero-order valence-electron chi connectivity index (χ0n) is 15.8. The number of carbonyl (C=O) groups excluding carboxylic acids is 1. The molecule has 0 N–H and O–H groups in total. The number of carbonyl (C=O) groups is 1. The first-order valence-corrected chi connectivity index (χ1v) is 11.1. The fourth-order valence-electron chi connectivity index (χ4n) is 3.37. The van der Waals surface area contributed by atoms with Crippen LogP contribution in [0.15, 0.2) is 76.0 Å². The Hall–Kier alpha value is -2.57. The maximum Gasteiger partial charge on any atom is 0.289 e. The standard InChI is InChI=1S/C22H21ClN2O3S/c23-19-8-4-5-9-21(19)29(27)16-18-10-11-20(28-18)22(26)25-14-12-24(13-15-25)17-6-2-1-3-7-17/h1-11H,12-16H2/t29-/m0/s1. The molecule has 2 heterocycles. The summed E-state index contributed by atoms with van der Waals surface area (Å²) in [5.41, 5.74) is 1.17. The minimum absolute atomic E-state index is 0.132. The maximum atomic E-state index is 12.8. The van der Waals surface area contributed by atoms with Crippen molar-refractivity contribution in [2.24, 2.45) is 0 Å². The zero-order chi connectivity index (χ0) is 20.2. The largest absolute Gasteiger partial charge is 0.455 e. The molecule has 1 saturated heterocycles. The van der Waals surface area contributed by atoms with E-state index in [1.807, 2.05) is 18.2 Å². The quantitative estimate of drug-likeness (QED) is 0.611. The molecule has 0 bridgehead atoms. The molecular formula is C22H21ClN2O3S. The molecule has 150 valence electrons. The average Bonchev–Trinajstić information content (AvgIpc) is 3.22. The summed E-state index contributed by atoms with van der Waals surface area (Å²) >= 11 is 6.11. The summed E-state index contributed by atoms with van der Waals surface area (Å²) in [6.45, 7) is 2.82. The van der Waals surface area contributed by atoms with Gasteiger partial charge in [0.2, 0.25) is 0 Å². The number of piperazine rings is 1. The van der Waals surface area contributed by atoms with Gasteiger partial charge in [-0.25, -0.2) is 0 Å². The van der Waals surface area contributed by atoms with Crippen LogP contribution in [0.25, 0.3) is 0 Å². The number of nitrogens with zero attached hydrogens (tertiary/aromatic N) is 2. The second-order valence-electron chi connectivity index (χ2n) is 6.80. The number of furan rings is 1.